The highest BCUT2D eigenvalue weighted by Crippen LogP contribution is 2.12. The number of carbonyl (C=O) groups is 2. The van der Waals surface area contributed by atoms with Gasteiger partial charge < -0.3 is 15.6 Å². The fourth-order valence-corrected chi connectivity index (χ4v) is 2.18. The van der Waals surface area contributed by atoms with Crippen molar-refractivity contribution in [3.63, 3.8) is 0 Å². The summed E-state index contributed by atoms with van der Waals surface area (Å²) in [6, 6.07) is 8.88. The van der Waals surface area contributed by atoms with E-state index in [-0.39, 0.29) is 11.8 Å². The smallest absolute Gasteiger partial charge is 0.251 e. The average Bonchev–Trinajstić information content (AvgIpc) is 2.74. The van der Waals surface area contributed by atoms with Gasteiger partial charge in [-0.15, -0.1) is 0 Å². The molecule has 0 spiro atoms. The van der Waals surface area contributed by atoms with Gasteiger partial charge in [-0.1, -0.05) is 6.07 Å². The van der Waals surface area contributed by atoms with Gasteiger partial charge in [-0.05, 0) is 43.7 Å². The number of aromatic amines is 1. The van der Waals surface area contributed by atoms with E-state index in [2.05, 4.69) is 15.6 Å². The van der Waals surface area contributed by atoms with Crippen molar-refractivity contribution >= 4 is 17.5 Å². The molecule has 3 N–H and O–H groups in total. The van der Waals surface area contributed by atoms with Crippen molar-refractivity contribution in [1.29, 1.82) is 0 Å². The Morgan fingerprint density at radius 3 is 2.57 bits per heavy atom. The van der Waals surface area contributed by atoms with Crippen LogP contribution in [0.15, 0.2) is 30.3 Å². The van der Waals surface area contributed by atoms with Gasteiger partial charge in [-0.25, -0.2) is 0 Å². The minimum Gasteiger partial charge on any atom is -0.362 e. The Morgan fingerprint density at radius 2 is 1.95 bits per heavy atom. The summed E-state index contributed by atoms with van der Waals surface area (Å²) in [4.78, 5) is 26.4. The molecule has 0 fully saturated rings. The van der Waals surface area contributed by atoms with Crippen molar-refractivity contribution in [2.24, 2.45) is 0 Å². The molecule has 0 saturated carbocycles. The van der Waals surface area contributed by atoms with Crippen LogP contribution in [0.4, 0.5) is 5.69 Å². The lowest BCUT2D eigenvalue weighted by atomic mass is 10.1. The molecule has 0 bridgehead atoms. The zero-order chi connectivity index (χ0) is 15.4. The summed E-state index contributed by atoms with van der Waals surface area (Å²) >= 11 is 0. The van der Waals surface area contributed by atoms with E-state index in [9.17, 15) is 9.59 Å². The fraction of sp³-hybridized carbons (Fsp3) is 0.250. The van der Waals surface area contributed by atoms with E-state index in [1.165, 1.54) is 6.92 Å². The number of nitrogens with one attached hydrogen (secondary N) is 3. The van der Waals surface area contributed by atoms with Crippen LogP contribution in [0, 0.1) is 13.8 Å². The number of aromatic nitrogens is 1. The quantitative estimate of drug-likeness (QED) is 0.807. The van der Waals surface area contributed by atoms with E-state index in [1.807, 2.05) is 19.9 Å². The fourth-order valence-electron chi connectivity index (χ4n) is 2.18. The van der Waals surface area contributed by atoms with Crippen molar-refractivity contribution in [1.82, 2.24) is 10.3 Å². The molecule has 0 radical (unpaired) electrons. The third-order valence-corrected chi connectivity index (χ3v) is 3.14. The van der Waals surface area contributed by atoms with E-state index in [0.717, 1.165) is 17.0 Å². The van der Waals surface area contributed by atoms with E-state index < -0.39 is 0 Å². The minimum absolute atomic E-state index is 0.161. The number of aryl methyl sites for hydroxylation is 2. The standard InChI is InChI=1S/C16H19N3O2/c1-10-7-14(11(2)18-10)9-17-16(21)13-5-4-6-15(8-13)19-12(3)20/h4-8,18H,9H2,1-3H3,(H,17,21)(H,19,20). The van der Waals surface area contributed by atoms with Crippen molar-refractivity contribution in [3.8, 4) is 0 Å². The number of benzene rings is 1. The molecule has 1 heterocycles. The highest BCUT2D eigenvalue weighted by Gasteiger charge is 2.08. The lowest BCUT2D eigenvalue weighted by Gasteiger charge is -2.07. The Labute approximate surface area is 123 Å². The van der Waals surface area contributed by atoms with Gasteiger partial charge in [-0.3, -0.25) is 9.59 Å². The molecule has 0 aliphatic heterocycles. The van der Waals surface area contributed by atoms with Crippen LogP contribution in [0.3, 0.4) is 0 Å². The van der Waals surface area contributed by atoms with Gasteiger partial charge in [0.05, 0.1) is 0 Å². The van der Waals surface area contributed by atoms with Crippen LogP contribution in [-0.2, 0) is 11.3 Å². The molecule has 0 saturated heterocycles. The molecule has 21 heavy (non-hydrogen) atoms. The van der Waals surface area contributed by atoms with E-state index >= 15 is 0 Å². The number of hydrogen-bond acceptors (Lipinski definition) is 2. The summed E-state index contributed by atoms with van der Waals surface area (Å²) in [6.07, 6.45) is 0. The zero-order valence-electron chi connectivity index (χ0n) is 12.4. The first-order valence-corrected chi connectivity index (χ1v) is 6.76. The molecule has 2 amide bonds. The lowest BCUT2D eigenvalue weighted by molar-refractivity contribution is -0.114. The molecule has 2 aromatic rings. The van der Waals surface area contributed by atoms with Crippen LogP contribution < -0.4 is 10.6 Å². The van der Waals surface area contributed by atoms with Crippen molar-refractivity contribution in [3.05, 3.63) is 52.8 Å². The summed E-state index contributed by atoms with van der Waals surface area (Å²) in [6.45, 7) is 5.87. The van der Waals surface area contributed by atoms with Crippen LogP contribution in [0.5, 0.6) is 0 Å². The minimum atomic E-state index is -0.166. The molecule has 2 rings (SSSR count). The van der Waals surface area contributed by atoms with Crippen LogP contribution in [0.25, 0.3) is 0 Å². The average molecular weight is 285 g/mol. The predicted octanol–water partition coefficient (Wildman–Crippen LogP) is 2.52. The Morgan fingerprint density at radius 1 is 1.19 bits per heavy atom. The first kappa shape index (κ1) is 14.8. The summed E-state index contributed by atoms with van der Waals surface area (Å²) in [5.74, 6) is -0.327. The summed E-state index contributed by atoms with van der Waals surface area (Å²) in [7, 11) is 0. The normalized spacial score (nSPS) is 10.2. The second-order valence-electron chi connectivity index (χ2n) is 5.05. The molecule has 5 nitrogen and oxygen atoms in total. The second kappa shape index (κ2) is 6.26. The van der Waals surface area contributed by atoms with Crippen LogP contribution in [0.2, 0.25) is 0 Å². The topological polar surface area (TPSA) is 74.0 Å². The first-order valence-electron chi connectivity index (χ1n) is 6.76. The Bertz CT molecular complexity index is 674. The molecule has 110 valence electrons. The molecule has 5 heteroatoms. The van der Waals surface area contributed by atoms with E-state index in [0.29, 0.717) is 17.8 Å². The first-order chi connectivity index (χ1) is 9.95. The Hall–Kier alpha value is -2.56. The molecule has 0 atom stereocenters. The van der Waals surface area contributed by atoms with Crippen LogP contribution >= 0.6 is 0 Å². The van der Waals surface area contributed by atoms with Gasteiger partial charge in [0.1, 0.15) is 0 Å². The number of H-pyrrole nitrogens is 1. The zero-order valence-corrected chi connectivity index (χ0v) is 12.4. The number of rotatable bonds is 4. The lowest BCUT2D eigenvalue weighted by Crippen LogP contribution is -2.23. The summed E-state index contributed by atoms with van der Waals surface area (Å²) in [5, 5.41) is 5.54. The number of carbonyl (C=O) groups excluding carboxylic acids is 2. The second-order valence-corrected chi connectivity index (χ2v) is 5.05. The van der Waals surface area contributed by atoms with Crippen molar-refractivity contribution in [2.75, 3.05) is 5.32 Å². The van der Waals surface area contributed by atoms with Crippen molar-refractivity contribution in [2.45, 2.75) is 27.3 Å². The largest absolute Gasteiger partial charge is 0.362 e. The molecule has 0 aliphatic carbocycles. The molecule has 1 aromatic carbocycles. The maximum atomic E-state index is 12.1. The predicted molar refractivity (Wildman–Crippen MR) is 82.2 cm³/mol. The van der Waals surface area contributed by atoms with Gasteiger partial charge >= 0.3 is 0 Å². The monoisotopic (exact) mass is 285 g/mol. The molecular formula is C16H19N3O2. The van der Waals surface area contributed by atoms with Gasteiger partial charge in [0.15, 0.2) is 0 Å². The molecule has 0 aliphatic rings. The van der Waals surface area contributed by atoms with Gasteiger partial charge in [-0.2, -0.15) is 0 Å². The number of amides is 2. The van der Waals surface area contributed by atoms with Crippen LogP contribution in [-0.4, -0.2) is 16.8 Å². The van der Waals surface area contributed by atoms with E-state index in [4.69, 9.17) is 0 Å². The van der Waals surface area contributed by atoms with Gasteiger partial charge in [0.25, 0.3) is 5.91 Å². The van der Waals surface area contributed by atoms with Crippen molar-refractivity contribution < 1.29 is 9.59 Å². The maximum absolute atomic E-state index is 12.1. The third-order valence-electron chi connectivity index (χ3n) is 3.14. The number of anilines is 1. The third kappa shape index (κ3) is 3.95. The SMILES string of the molecule is CC(=O)Nc1cccc(C(=O)NCc2cc(C)[nH]c2C)c1. The maximum Gasteiger partial charge on any atom is 0.251 e. The summed E-state index contributed by atoms with van der Waals surface area (Å²) < 4.78 is 0. The Kier molecular flexibility index (Phi) is 4.42. The van der Waals surface area contributed by atoms with Crippen LogP contribution in [0.1, 0.15) is 34.2 Å². The highest BCUT2D eigenvalue weighted by atomic mass is 16.2. The van der Waals surface area contributed by atoms with Gasteiger partial charge in [0.2, 0.25) is 5.91 Å². The molecular weight excluding hydrogens is 266 g/mol. The summed E-state index contributed by atoms with van der Waals surface area (Å²) in [5.41, 5.74) is 4.33. The van der Waals surface area contributed by atoms with Gasteiger partial charge in [0, 0.05) is 36.1 Å². The Balaban J connectivity index is 2.03. The highest BCUT2D eigenvalue weighted by molar-refractivity contribution is 5.96. The number of hydrogen-bond donors (Lipinski definition) is 3. The van der Waals surface area contributed by atoms with E-state index in [1.54, 1.807) is 24.3 Å². The molecule has 1 aromatic heterocycles. The molecule has 0 unspecified atom stereocenters.